The molecule has 4 aliphatic rings. The largest absolute Gasteiger partial charge is 0.507 e. The third-order valence-electron chi connectivity index (χ3n) is 10.0. The second-order valence-corrected chi connectivity index (χ2v) is 16.6. The predicted octanol–water partition coefficient (Wildman–Crippen LogP) is 8.58. The van der Waals surface area contributed by atoms with Crippen LogP contribution in [0.3, 0.4) is 0 Å². The molecule has 1 heterocycles. The molecule has 0 saturated heterocycles. The number of ketones is 1. The summed E-state index contributed by atoms with van der Waals surface area (Å²) in [5, 5.41) is 64.6. The summed E-state index contributed by atoms with van der Waals surface area (Å²) in [7, 11) is 0. The number of rotatable bonds is 11. The molecule has 4 aliphatic carbocycles. The summed E-state index contributed by atoms with van der Waals surface area (Å²) in [5.41, 5.74) is 1.87. The molecule has 0 spiro atoms. The van der Waals surface area contributed by atoms with Crippen LogP contribution in [0.15, 0.2) is 44.7 Å². The lowest BCUT2D eigenvalue weighted by atomic mass is 9.86. The first kappa shape index (κ1) is 41.4. The number of hydrogen-bond acceptors (Lipinski definition) is 12. The highest BCUT2D eigenvalue weighted by atomic mass is 79.9. The fourth-order valence-electron chi connectivity index (χ4n) is 6.57. The molecule has 3 aromatic rings. The Hall–Kier alpha value is -3.75. The van der Waals surface area contributed by atoms with Crippen LogP contribution in [0.4, 0.5) is 0 Å². The fourth-order valence-corrected chi connectivity index (χ4v) is 8.32. The van der Waals surface area contributed by atoms with Gasteiger partial charge < -0.3 is 30.6 Å². The van der Waals surface area contributed by atoms with Gasteiger partial charge in [0.2, 0.25) is 4.80 Å². The predicted molar refractivity (Wildman–Crippen MR) is 220 cm³/mol. The van der Waals surface area contributed by atoms with Gasteiger partial charge in [-0.25, -0.2) is 4.68 Å². The highest BCUT2D eigenvalue weighted by Gasteiger charge is 2.28. The van der Waals surface area contributed by atoms with Crippen LogP contribution in [-0.4, -0.2) is 76.3 Å². The van der Waals surface area contributed by atoms with Gasteiger partial charge in [-0.15, -0.1) is 11.3 Å². The lowest BCUT2D eigenvalue weighted by molar-refractivity contribution is -0.117. The summed E-state index contributed by atoms with van der Waals surface area (Å²) in [5.74, 6) is 0.526. The molecule has 54 heavy (non-hydrogen) atoms. The van der Waals surface area contributed by atoms with E-state index in [1.165, 1.54) is 88.8 Å². The second kappa shape index (κ2) is 20.2. The zero-order valence-electron chi connectivity index (χ0n) is 30.4. The monoisotopic (exact) mass is 842 g/mol. The molecule has 292 valence electrons. The van der Waals surface area contributed by atoms with Crippen LogP contribution >= 0.6 is 39.5 Å². The summed E-state index contributed by atoms with van der Waals surface area (Å²) in [6.45, 7) is 0.451. The lowest BCUT2D eigenvalue weighted by Gasteiger charge is -2.21. The first-order chi connectivity index (χ1) is 26.0. The fraction of sp³-hybridized carbons (Fsp3) is 0.525. The Kier molecular flexibility index (Phi) is 15.5. The SMILES string of the molecule is O=C(CBr)C1CC1.Oc1cc(O)c(/C=N/n2c(C3CC3)csc2=NC2CCCCC2)cc1O.Oc1cc(O)c(C=NCC(=S)CC2CCCCC2)cc1O. The molecule has 1 aromatic heterocycles. The number of phenols is 6. The van der Waals surface area contributed by atoms with Gasteiger partial charge >= 0.3 is 0 Å². The summed E-state index contributed by atoms with van der Waals surface area (Å²) >= 11 is 10.1. The molecule has 0 bridgehead atoms. The first-order valence-corrected chi connectivity index (χ1v) is 21.3. The van der Waals surface area contributed by atoms with Gasteiger partial charge in [-0.3, -0.25) is 14.8 Å². The normalized spacial score (nSPS) is 18.3. The Bertz CT molecular complexity index is 1870. The van der Waals surface area contributed by atoms with Crippen LogP contribution in [0, 0.1) is 11.8 Å². The molecular weight excluding hydrogens is 792 g/mol. The molecule has 0 amide bonds. The zero-order valence-corrected chi connectivity index (χ0v) is 33.7. The van der Waals surface area contributed by atoms with E-state index in [9.17, 15) is 35.4 Å². The number of carbonyl (C=O) groups is 1. The molecule has 0 aliphatic heterocycles. The first-order valence-electron chi connectivity index (χ1n) is 18.9. The van der Waals surface area contributed by atoms with Crippen LogP contribution in [0.2, 0.25) is 0 Å². The van der Waals surface area contributed by atoms with Crippen LogP contribution < -0.4 is 4.80 Å². The van der Waals surface area contributed by atoms with E-state index in [2.05, 4.69) is 31.4 Å². The van der Waals surface area contributed by atoms with Gasteiger partial charge in [0.25, 0.3) is 0 Å². The number of thiazole rings is 1. The Balaban J connectivity index is 0.000000179. The molecule has 0 atom stereocenters. The van der Waals surface area contributed by atoms with Crippen molar-refractivity contribution in [3.8, 4) is 34.5 Å². The molecule has 6 N–H and O–H groups in total. The quantitative estimate of drug-likeness (QED) is 0.0365. The number of aromatic nitrogens is 1. The minimum Gasteiger partial charge on any atom is -0.507 e. The number of aliphatic imine (C=N–C) groups is 1. The molecule has 2 aromatic carbocycles. The van der Waals surface area contributed by atoms with E-state index in [4.69, 9.17) is 17.2 Å². The number of benzene rings is 2. The zero-order chi connectivity index (χ0) is 38.6. The minimum absolute atomic E-state index is 0.118. The molecule has 0 unspecified atom stereocenters. The van der Waals surface area contributed by atoms with Gasteiger partial charge in [0, 0.05) is 51.6 Å². The van der Waals surface area contributed by atoms with E-state index in [1.807, 2.05) is 4.68 Å². The maximum absolute atomic E-state index is 10.5. The Morgan fingerprint density at radius 2 is 1.31 bits per heavy atom. The number of alkyl halides is 1. The van der Waals surface area contributed by atoms with Gasteiger partial charge in [-0.2, -0.15) is 5.10 Å². The standard InChI is InChI=1S/C19H23N3O3S.C16H21NO3S.C5H7BrO/c23-16-9-18(25)17(24)8-13(16)10-20-22-15(12-6-7-12)11-26-19(22)21-14-4-2-1-3-5-14;18-14-8-16(20)15(19)7-12(14)9-17-10-13(21)6-11-4-2-1-3-5-11;6-3-5(7)4-1-2-4/h8-12,14,23-25H,1-7H2;7-9,11,18-20H,1-6,10H2;4H,1-3H2/b20-10+,21-19?;;. The van der Waals surface area contributed by atoms with Crippen molar-refractivity contribution >= 4 is 62.6 Å². The highest BCUT2D eigenvalue weighted by molar-refractivity contribution is 9.09. The number of halogens is 1. The Morgan fingerprint density at radius 1 is 0.759 bits per heavy atom. The van der Waals surface area contributed by atoms with Crippen molar-refractivity contribution in [2.75, 3.05) is 11.9 Å². The van der Waals surface area contributed by atoms with Crippen molar-refractivity contribution in [2.45, 2.75) is 108 Å². The maximum Gasteiger partial charge on any atom is 0.206 e. The topological polar surface area (TPSA) is 180 Å². The van der Waals surface area contributed by atoms with Crippen LogP contribution in [-0.2, 0) is 4.79 Å². The Morgan fingerprint density at radius 3 is 1.85 bits per heavy atom. The number of phenolic OH excluding ortho intramolecular Hbond substituents is 6. The molecule has 4 saturated carbocycles. The second-order valence-electron chi connectivity index (χ2n) is 14.6. The number of aromatic hydroxyl groups is 6. The van der Waals surface area contributed by atoms with E-state index in [0.717, 1.165) is 59.6 Å². The van der Waals surface area contributed by atoms with Crippen molar-refractivity contribution in [1.82, 2.24) is 4.68 Å². The number of carbonyl (C=O) groups excluding carboxylic acids is 1. The molecule has 11 nitrogen and oxygen atoms in total. The summed E-state index contributed by atoms with van der Waals surface area (Å²) in [6.07, 6.45) is 21.0. The van der Waals surface area contributed by atoms with Crippen LogP contribution in [0.5, 0.6) is 34.5 Å². The summed E-state index contributed by atoms with van der Waals surface area (Å²) in [4.78, 5) is 21.5. The van der Waals surface area contributed by atoms with E-state index in [0.29, 0.717) is 52.6 Å². The average molecular weight is 844 g/mol. The smallest absolute Gasteiger partial charge is 0.206 e. The maximum atomic E-state index is 10.5. The van der Waals surface area contributed by atoms with Crippen LogP contribution in [0.1, 0.15) is 119 Å². The number of Topliss-reactive ketones (excluding diaryl/α,β-unsaturated/α-hetero) is 1. The van der Waals surface area contributed by atoms with Crippen molar-refractivity contribution in [3.05, 3.63) is 51.3 Å². The van der Waals surface area contributed by atoms with Crippen molar-refractivity contribution in [2.24, 2.45) is 26.9 Å². The van der Waals surface area contributed by atoms with Gasteiger partial charge in [0.05, 0.1) is 29.8 Å². The van der Waals surface area contributed by atoms with Crippen LogP contribution in [0.25, 0.3) is 0 Å². The van der Waals surface area contributed by atoms with E-state index < -0.39 is 0 Å². The van der Waals surface area contributed by atoms with Gasteiger partial charge in [0.1, 0.15) is 17.3 Å². The van der Waals surface area contributed by atoms with E-state index in [1.54, 1.807) is 11.3 Å². The number of nitrogens with zero attached hydrogens (tertiary/aromatic N) is 4. The van der Waals surface area contributed by atoms with E-state index >= 15 is 0 Å². The average Bonchev–Trinajstić information content (AvgIpc) is 4.11. The van der Waals surface area contributed by atoms with Crippen molar-refractivity contribution < 1.29 is 35.4 Å². The summed E-state index contributed by atoms with van der Waals surface area (Å²) < 4.78 is 1.88. The third kappa shape index (κ3) is 12.7. The van der Waals surface area contributed by atoms with E-state index in [-0.39, 0.29) is 34.5 Å². The molecule has 14 heteroatoms. The molecular formula is C40H51BrN4O7S2. The summed E-state index contributed by atoms with van der Waals surface area (Å²) in [6, 6.07) is 5.15. The third-order valence-corrected chi connectivity index (χ3v) is 11.7. The van der Waals surface area contributed by atoms with Crippen molar-refractivity contribution in [3.63, 3.8) is 0 Å². The Labute approximate surface area is 334 Å². The van der Waals surface area contributed by atoms with Gasteiger partial charge in [-0.1, -0.05) is 79.5 Å². The lowest BCUT2D eigenvalue weighted by Crippen LogP contribution is -2.19. The van der Waals surface area contributed by atoms with Gasteiger partial charge in [0.15, 0.2) is 23.0 Å². The molecule has 4 fully saturated rings. The minimum atomic E-state index is -0.352. The highest BCUT2D eigenvalue weighted by Crippen LogP contribution is 2.40. The van der Waals surface area contributed by atoms with Gasteiger partial charge in [-0.05, 0) is 63.0 Å². The van der Waals surface area contributed by atoms with Crippen molar-refractivity contribution in [1.29, 1.82) is 0 Å². The number of thiocarbonyl (C=S) groups is 1. The molecule has 0 radical (unpaired) electrons. The molecule has 7 rings (SSSR count). The number of hydrogen-bond donors (Lipinski definition) is 6.